The van der Waals surface area contributed by atoms with E-state index < -0.39 is 0 Å². The number of carbonyl (C=O) groups excluding carboxylic acids is 1. The van der Waals surface area contributed by atoms with E-state index in [9.17, 15) is 4.79 Å². The quantitative estimate of drug-likeness (QED) is 0.904. The fourth-order valence-electron chi connectivity index (χ4n) is 3.59. The summed E-state index contributed by atoms with van der Waals surface area (Å²) < 4.78 is 11.1. The number of nitrogens with zero attached hydrogens (tertiary/aromatic N) is 2. The smallest absolute Gasteiger partial charge is 0.321 e. The molecule has 1 N–H and O–H groups in total. The number of benzene rings is 2. The molecule has 6 heteroatoms. The molecule has 0 atom stereocenters. The average molecular weight is 367 g/mol. The van der Waals surface area contributed by atoms with E-state index in [1.165, 1.54) is 11.3 Å². The zero-order valence-electron chi connectivity index (χ0n) is 15.6. The first kappa shape index (κ1) is 17.5. The highest BCUT2D eigenvalue weighted by molar-refractivity contribution is 5.90. The summed E-state index contributed by atoms with van der Waals surface area (Å²) in [5.74, 6) is 1.41. The van der Waals surface area contributed by atoms with Crippen LogP contribution in [0, 0.1) is 0 Å². The third-order valence-electron chi connectivity index (χ3n) is 5.07. The van der Waals surface area contributed by atoms with Crippen LogP contribution in [0.15, 0.2) is 42.5 Å². The van der Waals surface area contributed by atoms with Crippen molar-refractivity contribution in [2.75, 3.05) is 49.6 Å². The van der Waals surface area contributed by atoms with Crippen LogP contribution in [0.2, 0.25) is 0 Å². The maximum absolute atomic E-state index is 12.6. The number of amides is 2. The molecule has 27 heavy (non-hydrogen) atoms. The minimum absolute atomic E-state index is 0.0740. The molecule has 0 aliphatic carbocycles. The Kier molecular flexibility index (Phi) is 5.05. The molecular formula is C21H25N3O3. The van der Waals surface area contributed by atoms with Gasteiger partial charge < -0.3 is 24.6 Å². The van der Waals surface area contributed by atoms with E-state index in [-0.39, 0.29) is 6.03 Å². The van der Waals surface area contributed by atoms with Gasteiger partial charge in [0, 0.05) is 43.6 Å². The summed E-state index contributed by atoms with van der Waals surface area (Å²) in [7, 11) is 0. The lowest BCUT2D eigenvalue weighted by Crippen LogP contribution is -2.50. The lowest BCUT2D eigenvalue weighted by molar-refractivity contribution is 0.171. The molecule has 2 aromatic rings. The van der Waals surface area contributed by atoms with Gasteiger partial charge in [0.15, 0.2) is 11.5 Å². The molecular weight excluding hydrogens is 342 g/mol. The van der Waals surface area contributed by atoms with Crippen molar-refractivity contribution in [3.63, 3.8) is 0 Å². The normalized spacial score (nSPS) is 16.2. The third kappa shape index (κ3) is 3.79. The minimum Gasteiger partial charge on any atom is -0.486 e. The Morgan fingerprint density at radius 1 is 1.00 bits per heavy atom. The van der Waals surface area contributed by atoms with E-state index in [2.05, 4.69) is 41.4 Å². The molecule has 2 aliphatic rings. The number of carbonyl (C=O) groups is 1. The number of para-hydroxylation sites is 1. The minimum atomic E-state index is -0.0740. The molecule has 6 nitrogen and oxygen atoms in total. The second-order valence-corrected chi connectivity index (χ2v) is 6.74. The van der Waals surface area contributed by atoms with Gasteiger partial charge in [-0.2, -0.15) is 0 Å². The number of ether oxygens (including phenoxy) is 2. The fourth-order valence-corrected chi connectivity index (χ4v) is 3.59. The molecule has 1 fully saturated rings. The number of hydrogen-bond acceptors (Lipinski definition) is 4. The van der Waals surface area contributed by atoms with Crippen molar-refractivity contribution in [3.8, 4) is 11.5 Å². The molecule has 1 saturated heterocycles. The van der Waals surface area contributed by atoms with Gasteiger partial charge in [-0.15, -0.1) is 0 Å². The van der Waals surface area contributed by atoms with Crippen molar-refractivity contribution in [2.45, 2.75) is 13.3 Å². The van der Waals surface area contributed by atoms with Crippen LogP contribution in [-0.4, -0.2) is 50.3 Å². The summed E-state index contributed by atoms with van der Waals surface area (Å²) in [6.45, 7) is 6.35. The third-order valence-corrected chi connectivity index (χ3v) is 5.07. The van der Waals surface area contributed by atoms with Gasteiger partial charge in [-0.3, -0.25) is 0 Å². The molecule has 0 unspecified atom stereocenters. The van der Waals surface area contributed by atoms with Gasteiger partial charge >= 0.3 is 6.03 Å². The first-order valence-corrected chi connectivity index (χ1v) is 9.53. The summed E-state index contributed by atoms with van der Waals surface area (Å²) in [6.07, 6.45) is 1.01. The second-order valence-electron chi connectivity index (χ2n) is 6.74. The highest BCUT2D eigenvalue weighted by Gasteiger charge is 2.23. The van der Waals surface area contributed by atoms with Crippen molar-refractivity contribution >= 4 is 17.4 Å². The molecule has 2 aliphatic heterocycles. The topological polar surface area (TPSA) is 54.0 Å². The van der Waals surface area contributed by atoms with Crippen LogP contribution in [0.4, 0.5) is 16.2 Å². The molecule has 2 aromatic carbocycles. The molecule has 4 rings (SSSR count). The molecule has 142 valence electrons. The van der Waals surface area contributed by atoms with Gasteiger partial charge in [0.1, 0.15) is 13.2 Å². The van der Waals surface area contributed by atoms with E-state index in [1.54, 1.807) is 0 Å². The SMILES string of the molecule is CCc1ccccc1N1CCN(C(=O)Nc2ccc3c(c2)OCCO3)CC1. The number of anilines is 2. The van der Waals surface area contributed by atoms with E-state index >= 15 is 0 Å². The lowest BCUT2D eigenvalue weighted by Gasteiger charge is -2.37. The molecule has 2 amide bonds. The molecule has 0 saturated carbocycles. The van der Waals surface area contributed by atoms with Crippen molar-refractivity contribution in [3.05, 3.63) is 48.0 Å². The molecule has 2 heterocycles. The Bertz CT molecular complexity index is 816. The molecule has 0 spiro atoms. The van der Waals surface area contributed by atoms with Crippen LogP contribution in [0.5, 0.6) is 11.5 Å². The number of aryl methyl sites for hydroxylation is 1. The monoisotopic (exact) mass is 367 g/mol. The lowest BCUT2D eigenvalue weighted by atomic mass is 10.1. The van der Waals surface area contributed by atoms with Gasteiger partial charge in [0.25, 0.3) is 0 Å². The molecule has 0 bridgehead atoms. The standard InChI is InChI=1S/C21H25N3O3/c1-2-16-5-3-4-6-18(16)23-9-11-24(12-10-23)21(25)22-17-7-8-19-20(15-17)27-14-13-26-19/h3-8,15H,2,9-14H2,1H3,(H,22,25). The van der Waals surface area contributed by atoms with Gasteiger partial charge in [0.05, 0.1) is 0 Å². The van der Waals surface area contributed by atoms with Crippen molar-refractivity contribution in [2.24, 2.45) is 0 Å². The first-order chi connectivity index (χ1) is 13.2. The van der Waals surface area contributed by atoms with Crippen molar-refractivity contribution in [1.82, 2.24) is 4.90 Å². The summed E-state index contributed by atoms with van der Waals surface area (Å²) in [5.41, 5.74) is 3.36. The van der Waals surface area contributed by atoms with Crippen LogP contribution in [0.1, 0.15) is 12.5 Å². The van der Waals surface area contributed by atoms with Crippen LogP contribution >= 0.6 is 0 Å². The maximum atomic E-state index is 12.6. The fraction of sp³-hybridized carbons (Fsp3) is 0.381. The highest BCUT2D eigenvalue weighted by Crippen LogP contribution is 2.32. The number of nitrogens with one attached hydrogen (secondary N) is 1. The Morgan fingerprint density at radius 2 is 1.74 bits per heavy atom. The number of piperazine rings is 1. The highest BCUT2D eigenvalue weighted by atomic mass is 16.6. The Balaban J connectivity index is 1.36. The van der Waals surface area contributed by atoms with Crippen molar-refractivity contribution in [1.29, 1.82) is 0 Å². The van der Waals surface area contributed by atoms with Crippen molar-refractivity contribution < 1.29 is 14.3 Å². The van der Waals surface area contributed by atoms with E-state index in [1.807, 2.05) is 23.1 Å². The van der Waals surface area contributed by atoms with E-state index in [0.29, 0.717) is 32.1 Å². The van der Waals surface area contributed by atoms with Gasteiger partial charge in [-0.05, 0) is 30.2 Å². The van der Waals surface area contributed by atoms with E-state index in [4.69, 9.17) is 9.47 Å². The van der Waals surface area contributed by atoms with Crippen LogP contribution in [0.25, 0.3) is 0 Å². The van der Waals surface area contributed by atoms with Gasteiger partial charge in [-0.1, -0.05) is 25.1 Å². The van der Waals surface area contributed by atoms with Crippen LogP contribution in [0.3, 0.4) is 0 Å². The number of hydrogen-bond donors (Lipinski definition) is 1. The number of fused-ring (bicyclic) bond motifs is 1. The second kappa shape index (κ2) is 7.78. The van der Waals surface area contributed by atoms with Crippen LogP contribution in [-0.2, 0) is 6.42 Å². The molecule has 0 aromatic heterocycles. The Morgan fingerprint density at radius 3 is 2.52 bits per heavy atom. The predicted molar refractivity (Wildman–Crippen MR) is 106 cm³/mol. The van der Waals surface area contributed by atoms with Crippen LogP contribution < -0.4 is 19.7 Å². The van der Waals surface area contributed by atoms with Gasteiger partial charge in [0.2, 0.25) is 0 Å². The first-order valence-electron chi connectivity index (χ1n) is 9.53. The zero-order chi connectivity index (χ0) is 18.6. The Hall–Kier alpha value is -2.89. The zero-order valence-corrected chi connectivity index (χ0v) is 15.6. The number of urea groups is 1. The number of rotatable bonds is 3. The maximum Gasteiger partial charge on any atom is 0.321 e. The largest absolute Gasteiger partial charge is 0.486 e. The summed E-state index contributed by atoms with van der Waals surface area (Å²) in [5, 5.41) is 2.97. The predicted octanol–water partition coefficient (Wildman–Crippen LogP) is 3.37. The average Bonchev–Trinajstić information content (AvgIpc) is 2.73. The Labute approximate surface area is 159 Å². The summed E-state index contributed by atoms with van der Waals surface area (Å²) in [6, 6.07) is 13.9. The van der Waals surface area contributed by atoms with E-state index in [0.717, 1.165) is 30.9 Å². The summed E-state index contributed by atoms with van der Waals surface area (Å²) in [4.78, 5) is 16.9. The molecule has 0 radical (unpaired) electrons. The van der Waals surface area contributed by atoms with Gasteiger partial charge in [-0.25, -0.2) is 4.79 Å². The summed E-state index contributed by atoms with van der Waals surface area (Å²) >= 11 is 0.